The van der Waals surface area contributed by atoms with Crippen LogP contribution in [0.5, 0.6) is 5.75 Å². The lowest BCUT2D eigenvalue weighted by molar-refractivity contribution is 0.105. The summed E-state index contributed by atoms with van der Waals surface area (Å²) < 4.78 is 33.4. The minimum Gasteiger partial charge on any atom is -0.489 e. The van der Waals surface area contributed by atoms with Crippen LogP contribution < -0.4 is 15.7 Å². The second-order valence-electron chi connectivity index (χ2n) is 10.5. The number of para-hydroxylation sites is 1. The molecule has 1 aromatic heterocycles. The third kappa shape index (κ3) is 6.18. The minimum absolute atomic E-state index is 0.0238. The fourth-order valence-electron chi connectivity index (χ4n) is 4.48. The van der Waals surface area contributed by atoms with Crippen molar-refractivity contribution in [3.8, 4) is 5.75 Å². The van der Waals surface area contributed by atoms with Gasteiger partial charge in [0.05, 0.1) is 10.4 Å². The van der Waals surface area contributed by atoms with Gasteiger partial charge in [0, 0.05) is 19.6 Å². The molecule has 10 heteroatoms. The molecule has 0 spiro atoms. The average Bonchev–Trinajstić information content (AvgIpc) is 3.23. The Morgan fingerprint density at radius 2 is 1.81 bits per heavy atom. The van der Waals surface area contributed by atoms with Crippen LogP contribution in [0.3, 0.4) is 0 Å². The van der Waals surface area contributed by atoms with Crippen molar-refractivity contribution in [2.24, 2.45) is 5.92 Å². The number of hydrogen-bond donors (Lipinski definition) is 4. The summed E-state index contributed by atoms with van der Waals surface area (Å²) in [6, 6.07) is 12.5. The third-order valence-corrected chi connectivity index (χ3v) is 8.60. The van der Waals surface area contributed by atoms with Gasteiger partial charge < -0.3 is 25.1 Å². The number of sulfonamides is 1. The van der Waals surface area contributed by atoms with E-state index in [0.29, 0.717) is 53.8 Å². The number of aliphatic hydroxyl groups excluding tert-OH is 1. The summed E-state index contributed by atoms with van der Waals surface area (Å²) in [5.74, 6) is 0.845. The van der Waals surface area contributed by atoms with Gasteiger partial charge in [0.25, 0.3) is 0 Å². The number of nitrogens with one attached hydrogen (secondary N) is 3. The van der Waals surface area contributed by atoms with Crippen LogP contribution in [-0.4, -0.2) is 66.7 Å². The monoisotopic (exact) mass is 516 g/mol. The number of ether oxygens (including phenoxy) is 1. The van der Waals surface area contributed by atoms with Gasteiger partial charge in [-0.05, 0) is 60.5 Å². The molecule has 0 radical (unpaired) electrons. The molecule has 36 heavy (non-hydrogen) atoms. The van der Waals surface area contributed by atoms with Crippen molar-refractivity contribution in [1.29, 1.82) is 0 Å². The van der Waals surface area contributed by atoms with Gasteiger partial charge in [-0.25, -0.2) is 13.2 Å². The van der Waals surface area contributed by atoms with Crippen LogP contribution in [-0.2, 0) is 15.4 Å². The van der Waals surface area contributed by atoms with E-state index < -0.39 is 16.1 Å². The topological polar surface area (TPSA) is 128 Å². The number of aliphatic hydroxyl groups is 1. The van der Waals surface area contributed by atoms with Gasteiger partial charge in [0.1, 0.15) is 24.0 Å². The van der Waals surface area contributed by atoms with Crippen molar-refractivity contribution in [1.82, 2.24) is 19.6 Å². The molecule has 9 nitrogen and oxygen atoms in total. The molecule has 1 atom stereocenters. The molecule has 4 N–H and O–H groups in total. The van der Waals surface area contributed by atoms with Crippen LogP contribution in [0.25, 0.3) is 11.0 Å². The quantitative estimate of drug-likeness (QED) is 0.346. The highest BCUT2D eigenvalue weighted by Gasteiger charge is 2.29. The summed E-state index contributed by atoms with van der Waals surface area (Å²) in [5.41, 5.74) is 2.01. The van der Waals surface area contributed by atoms with Crippen LogP contribution in [0.15, 0.2) is 52.2 Å². The van der Waals surface area contributed by atoms with E-state index in [1.165, 1.54) is 0 Å². The number of rotatable bonds is 9. The summed E-state index contributed by atoms with van der Waals surface area (Å²) in [7, 11) is -3.50. The number of imidazole rings is 1. The first kappa shape index (κ1) is 26.4. The highest BCUT2D eigenvalue weighted by molar-refractivity contribution is 7.89. The number of benzene rings is 2. The molecule has 0 bridgehead atoms. The second-order valence-corrected chi connectivity index (χ2v) is 12.4. The average molecular weight is 517 g/mol. The van der Waals surface area contributed by atoms with Gasteiger partial charge >= 0.3 is 5.69 Å². The first-order valence-corrected chi connectivity index (χ1v) is 13.8. The summed E-state index contributed by atoms with van der Waals surface area (Å²) in [6.45, 7) is 8.44. The zero-order valence-electron chi connectivity index (χ0n) is 21.1. The van der Waals surface area contributed by atoms with Crippen molar-refractivity contribution < 1.29 is 18.3 Å². The van der Waals surface area contributed by atoms with Gasteiger partial charge in [-0.15, -0.1) is 0 Å². The van der Waals surface area contributed by atoms with Crippen molar-refractivity contribution in [3.05, 3.63) is 58.5 Å². The molecular formula is C26H36N4O5S. The van der Waals surface area contributed by atoms with E-state index in [2.05, 4.69) is 36.1 Å². The number of aromatic nitrogens is 2. The van der Waals surface area contributed by atoms with Gasteiger partial charge in [-0.2, -0.15) is 4.31 Å². The fraction of sp³-hybridized carbons (Fsp3) is 0.500. The van der Waals surface area contributed by atoms with Gasteiger partial charge in [0.2, 0.25) is 10.0 Å². The number of H-pyrrole nitrogens is 2. The highest BCUT2D eigenvalue weighted by Crippen LogP contribution is 2.27. The van der Waals surface area contributed by atoms with Crippen LogP contribution in [0.2, 0.25) is 0 Å². The van der Waals surface area contributed by atoms with E-state index in [4.69, 9.17) is 4.74 Å². The smallest absolute Gasteiger partial charge is 0.323 e. The predicted molar refractivity (Wildman–Crippen MR) is 140 cm³/mol. The Hall–Kier alpha value is -2.66. The van der Waals surface area contributed by atoms with E-state index in [0.717, 1.165) is 18.4 Å². The first-order chi connectivity index (χ1) is 17.0. The Bertz CT molecular complexity index is 1320. The number of piperidine rings is 1. The van der Waals surface area contributed by atoms with E-state index in [1.807, 2.05) is 12.1 Å². The lowest BCUT2D eigenvalue weighted by Crippen LogP contribution is -2.42. The molecule has 0 unspecified atom stereocenters. The van der Waals surface area contributed by atoms with Crippen LogP contribution in [0.1, 0.15) is 39.2 Å². The van der Waals surface area contributed by atoms with E-state index in [1.54, 1.807) is 34.6 Å². The molecule has 1 aliphatic rings. The number of aromatic amines is 2. The summed E-state index contributed by atoms with van der Waals surface area (Å²) in [4.78, 5) is 17.2. The zero-order chi connectivity index (χ0) is 25.9. The SMILES string of the molecule is CC(C)(C)c1ccc(S(=O)(=O)N2CCC(CNC[C@H](O)COc3cccc4[nH]c(=O)[nH]c34)CC2)cc1. The first-order valence-electron chi connectivity index (χ1n) is 12.4. The van der Waals surface area contributed by atoms with E-state index >= 15 is 0 Å². The predicted octanol–water partition coefficient (Wildman–Crippen LogP) is 2.58. The lowest BCUT2D eigenvalue weighted by Gasteiger charge is -2.31. The third-order valence-electron chi connectivity index (χ3n) is 6.69. The largest absolute Gasteiger partial charge is 0.489 e. The van der Waals surface area contributed by atoms with E-state index in [9.17, 15) is 18.3 Å². The molecule has 1 saturated heterocycles. The molecule has 1 fully saturated rings. The molecule has 0 aliphatic carbocycles. The molecule has 2 aromatic carbocycles. The summed E-state index contributed by atoms with van der Waals surface area (Å²) in [6.07, 6.45) is 0.811. The summed E-state index contributed by atoms with van der Waals surface area (Å²) >= 11 is 0. The second kappa shape index (κ2) is 10.8. The number of hydrogen-bond acceptors (Lipinski definition) is 6. The highest BCUT2D eigenvalue weighted by atomic mass is 32.2. The molecule has 4 rings (SSSR count). The zero-order valence-corrected chi connectivity index (χ0v) is 21.9. The van der Waals surface area contributed by atoms with E-state index in [-0.39, 0.29) is 17.7 Å². The van der Waals surface area contributed by atoms with Crippen LogP contribution in [0, 0.1) is 5.92 Å². The Balaban J connectivity index is 1.20. The Morgan fingerprint density at radius 1 is 1.11 bits per heavy atom. The van der Waals surface area contributed by atoms with Crippen molar-refractivity contribution in [3.63, 3.8) is 0 Å². The standard InChI is InChI=1S/C26H36N4O5S/c1-26(2,3)19-7-9-21(10-8-19)36(33,34)30-13-11-18(12-14-30)15-27-16-20(31)17-35-23-6-4-5-22-24(23)29-25(32)28-22/h4-10,18,20,27,31H,11-17H2,1-3H3,(H2,28,29,32)/t20-/m0/s1. The molecule has 2 heterocycles. The minimum atomic E-state index is -3.50. The molecule has 3 aromatic rings. The molecule has 1 aliphatic heterocycles. The normalized spacial score (nSPS) is 16.9. The molecule has 196 valence electrons. The molecule has 0 amide bonds. The maximum atomic E-state index is 13.1. The van der Waals surface area contributed by atoms with Gasteiger partial charge in [-0.1, -0.05) is 39.0 Å². The van der Waals surface area contributed by atoms with Gasteiger partial charge in [0.15, 0.2) is 0 Å². The fourth-order valence-corrected chi connectivity index (χ4v) is 5.95. The van der Waals surface area contributed by atoms with Gasteiger partial charge in [-0.3, -0.25) is 0 Å². The molecular weight excluding hydrogens is 480 g/mol. The van der Waals surface area contributed by atoms with Crippen LogP contribution >= 0.6 is 0 Å². The Labute approximate surface area is 211 Å². The Morgan fingerprint density at radius 3 is 2.47 bits per heavy atom. The van der Waals surface area contributed by atoms with Crippen molar-refractivity contribution in [2.45, 2.75) is 50.0 Å². The summed E-state index contributed by atoms with van der Waals surface area (Å²) in [5, 5.41) is 13.6. The molecule has 0 saturated carbocycles. The number of nitrogens with zero attached hydrogens (tertiary/aromatic N) is 1. The lowest BCUT2D eigenvalue weighted by atomic mass is 9.87. The number of fused-ring (bicyclic) bond motifs is 1. The van der Waals surface area contributed by atoms with Crippen molar-refractivity contribution >= 4 is 21.1 Å². The maximum absolute atomic E-state index is 13.1. The van der Waals surface area contributed by atoms with Crippen LogP contribution in [0.4, 0.5) is 0 Å². The Kier molecular flexibility index (Phi) is 7.89. The van der Waals surface area contributed by atoms with Crippen molar-refractivity contribution in [2.75, 3.05) is 32.8 Å². The maximum Gasteiger partial charge on any atom is 0.323 e.